The van der Waals surface area contributed by atoms with Gasteiger partial charge in [-0.2, -0.15) is 4.31 Å². The fourth-order valence-electron chi connectivity index (χ4n) is 5.64. The van der Waals surface area contributed by atoms with E-state index in [-0.39, 0.29) is 0 Å². The zero-order valence-corrected chi connectivity index (χ0v) is 20.4. The average molecular weight is 470 g/mol. The summed E-state index contributed by atoms with van der Waals surface area (Å²) in [6, 6.07) is 14.4. The summed E-state index contributed by atoms with van der Waals surface area (Å²) in [7, 11) is -1.90. The third-order valence-corrected chi connectivity index (χ3v) is 9.58. The number of ether oxygens (including phenoxy) is 1. The molecule has 6 nitrogen and oxygen atoms in total. The fourth-order valence-corrected chi connectivity index (χ4v) is 7.07. The van der Waals surface area contributed by atoms with Crippen LogP contribution in [0.3, 0.4) is 0 Å². The lowest BCUT2D eigenvalue weighted by molar-refractivity contribution is 0.208. The number of anilines is 1. The predicted molar refractivity (Wildman–Crippen MR) is 132 cm³/mol. The van der Waals surface area contributed by atoms with Crippen LogP contribution < -0.4 is 9.64 Å². The summed E-state index contributed by atoms with van der Waals surface area (Å²) in [6.45, 7) is 4.76. The highest BCUT2D eigenvalue weighted by atomic mass is 32.2. The van der Waals surface area contributed by atoms with E-state index in [1.165, 1.54) is 49.0 Å². The molecule has 2 aromatic rings. The maximum atomic E-state index is 13.1. The lowest BCUT2D eigenvalue weighted by atomic mass is 10.0. The molecule has 2 aliphatic heterocycles. The molecule has 0 bridgehead atoms. The Morgan fingerprint density at radius 3 is 2.15 bits per heavy atom. The molecule has 2 fully saturated rings. The van der Waals surface area contributed by atoms with E-state index in [1.54, 1.807) is 35.7 Å². The van der Waals surface area contributed by atoms with E-state index in [0.29, 0.717) is 36.8 Å². The van der Waals surface area contributed by atoms with Crippen molar-refractivity contribution in [2.45, 2.75) is 49.5 Å². The largest absolute Gasteiger partial charge is 0.497 e. The first-order valence-electron chi connectivity index (χ1n) is 12.3. The van der Waals surface area contributed by atoms with Gasteiger partial charge in [-0.05, 0) is 73.2 Å². The number of nitrogens with zero attached hydrogens (tertiary/aromatic N) is 3. The van der Waals surface area contributed by atoms with Gasteiger partial charge in [-0.25, -0.2) is 8.42 Å². The van der Waals surface area contributed by atoms with E-state index in [9.17, 15) is 8.42 Å². The molecule has 2 aromatic carbocycles. The number of benzene rings is 2. The summed E-state index contributed by atoms with van der Waals surface area (Å²) in [4.78, 5) is 5.38. The topological polar surface area (TPSA) is 53.1 Å². The van der Waals surface area contributed by atoms with E-state index in [1.807, 2.05) is 0 Å². The molecule has 0 unspecified atom stereocenters. The van der Waals surface area contributed by atoms with E-state index >= 15 is 0 Å². The summed E-state index contributed by atoms with van der Waals surface area (Å²) < 4.78 is 32.9. The summed E-state index contributed by atoms with van der Waals surface area (Å²) in [5.41, 5.74) is 4.19. The van der Waals surface area contributed by atoms with E-state index in [2.05, 4.69) is 28.0 Å². The normalized spacial score (nSPS) is 21.1. The van der Waals surface area contributed by atoms with Crippen molar-refractivity contribution >= 4 is 15.7 Å². The van der Waals surface area contributed by atoms with E-state index < -0.39 is 10.0 Å². The van der Waals surface area contributed by atoms with Crippen molar-refractivity contribution in [2.24, 2.45) is 0 Å². The molecule has 0 aromatic heterocycles. The molecular weight excluding hydrogens is 434 g/mol. The number of piperazine rings is 1. The number of rotatable bonds is 5. The minimum absolute atomic E-state index is 0.327. The second kappa shape index (κ2) is 9.65. The number of fused-ring (bicyclic) bond motifs is 1. The molecule has 7 heteroatoms. The number of methoxy groups -OCH3 is 1. The Kier molecular flexibility index (Phi) is 6.63. The van der Waals surface area contributed by atoms with Crippen molar-refractivity contribution in [3.63, 3.8) is 0 Å². The van der Waals surface area contributed by atoms with Crippen LogP contribution in [0.25, 0.3) is 0 Å². The first-order valence-corrected chi connectivity index (χ1v) is 13.7. The molecule has 1 aliphatic carbocycles. The lowest BCUT2D eigenvalue weighted by Crippen LogP contribution is -2.48. The lowest BCUT2D eigenvalue weighted by Gasteiger charge is -2.35. The zero-order chi connectivity index (χ0) is 22.8. The van der Waals surface area contributed by atoms with Crippen LogP contribution in [0.1, 0.15) is 36.8 Å². The molecule has 0 atom stereocenters. The highest BCUT2D eigenvalue weighted by Gasteiger charge is 2.29. The Hall–Kier alpha value is -2.09. The maximum Gasteiger partial charge on any atom is 0.243 e. The molecule has 1 saturated carbocycles. The van der Waals surface area contributed by atoms with E-state index in [0.717, 1.165) is 25.4 Å². The van der Waals surface area contributed by atoms with Crippen LogP contribution >= 0.6 is 0 Å². The molecule has 0 amide bonds. The number of hydrogen-bond acceptors (Lipinski definition) is 5. The Labute approximate surface area is 198 Å². The monoisotopic (exact) mass is 469 g/mol. The van der Waals surface area contributed by atoms with Crippen molar-refractivity contribution in [2.75, 3.05) is 51.3 Å². The quantitative estimate of drug-likeness (QED) is 0.670. The third kappa shape index (κ3) is 4.77. The van der Waals surface area contributed by atoms with Crippen LogP contribution in [0.5, 0.6) is 5.75 Å². The van der Waals surface area contributed by atoms with E-state index in [4.69, 9.17) is 4.74 Å². The number of hydrogen-bond donors (Lipinski definition) is 0. The Morgan fingerprint density at radius 2 is 1.48 bits per heavy atom. The Balaban J connectivity index is 1.22. The van der Waals surface area contributed by atoms with Crippen LogP contribution in [-0.2, 0) is 22.9 Å². The first-order chi connectivity index (χ1) is 16.0. The summed E-state index contributed by atoms with van der Waals surface area (Å²) in [5, 5.41) is 0. The van der Waals surface area contributed by atoms with Gasteiger partial charge < -0.3 is 9.64 Å². The minimum Gasteiger partial charge on any atom is -0.497 e. The van der Waals surface area contributed by atoms with Gasteiger partial charge in [-0.1, -0.05) is 18.9 Å². The maximum absolute atomic E-state index is 13.1. The molecule has 5 rings (SSSR count). The molecule has 0 N–H and O–H groups in total. The van der Waals surface area contributed by atoms with Gasteiger partial charge in [0.05, 0.1) is 12.0 Å². The summed E-state index contributed by atoms with van der Waals surface area (Å²) >= 11 is 0. The molecule has 3 aliphatic rings. The summed E-state index contributed by atoms with van der Waals surface area (Å²) in [5.74, 6) is 0.661. The van der Waals surface area contributed by atoms with Crippen LogP contribution in [0.15, 0.2) is 47.4 Å². The third-order valence-electron chi connectivity index (χ3n) is 7.67. The van der Waals surface area contributed by atoms with Gasteiger partial charge in [-0.3, -0.25) is 4.90 Å². The number of sulfonamides is 1. The highest BCUT2D eigenvalue weighted by molar-refractivity contribution is 7.89. The minimum atomic E-state index is -3.48. The second-order valence-corrected chi connectivity index (χ2v) is 11.4. The fraction of sp³-hybridized carbons (Fsp3) is 0.538. The highest BCUT2D eigenvalue weighted by Crippen LogP contribution is 2.29. The van der Waals surface area contributed by atoms with Gasteiger partial charge in [0.1, 0.15) is 5.75 Å². The smallest absolute Gasteiger partial charge is 0.243 e. The molecule has 1 saturated heterocycles. The molecule has 0 radical (unpaired) electrons. The van der Waals surface area contributed by atoms with Gasteiger partial charge >= 0.3 is 0 Å². The predicted octanol–water partition coefficient (Wildman–Crippen LogP) is 3.55. The van der Waals surface area contributed by atoms with Crippen LogP contribution in [0.2, 0.25) is 0 Å². The van der Waals surface area contributed by atoms with Gasteiger partial charge in [0.2, 0.25) is 10.0 Å². The SMILES string of the molecule is COc1ccc(S(=O)(=O)N2CCN(c3ccc4c(c3)CCN(C3CCCC3)CC4)CC2)cc1. The van der Waals surface area contributed by atoms with Crippen molar-refractivity contribution in [1.82, 2.24) is 9.21 Å². The first kappa shape index (κ1) is 22.7. The van der Waals surface area contributed by atoms with Crippen molar-refractivity contribution in [3.05, 3.63) is 53.6 Å². The zero-order valence-electron chi connectivity index (χ0n) is 19.6. The Bertz CT molecular complexity index is 1060. The molecule has 0 spiro atoms. The van der Waals surface area contributed by atoms with Gasteiger partial charge in [0.15, 0.2) is 0 Å². The standard InChI is InChI=1S/C26H35N3O3S/c1-32-25-8-10-26(11-9-25)33(30,31)29-18-16-28(17-19-29)24-7-6-21-12-14-27(15-13-22(21)20-24)23-4-2-3-5-23/h6-11,20,23H,2-5,12-19H2,1H3. The van der Waals surface area contributed by atoms with Crippen LogP contribution in [-0.4, -0.2) is 70.0 Å². The Morgan fingerprint density at radius 1 is 0.818 bits per heavy atom. The van der Waals surface area contributed by atoms with Gasteiger partial charge in [0, 0.05) is 51.0 Å². The van der Waals surface area contributed by atoms with Gasteiger partial charge in [0.25, 0.3) is 0 Å². The molecule has 2 heterocycles. The summed E-state index contributed by atoms with van der Waals surface area (Å²) in [6.07, 6.45) is 7.76. The van der Waals surface area contributed by atoms with Gasteiger partial charge in [-0.15, -0.1) is 0 Å². The molecule has 178 valence electrons. The average Bonchev–Trinajstić information content (AvgIpc) is 3.31. The molecule has 33 heavy (non-hydrogen) atoms. The van der Waals surface area contributed by atoms with Crippen molar-refractivity contribution in [3.8, 4) is 5.75 Å². The van der Waals surface area contributed by atoms with Crippen LogP contribution in [0.4, 0.5) is 5.69 Å². The second-order valence-electron chi connectivity index (χ2n) is 9.49. The van der Waals surface area contributed by atoms with Crippen molar-refractivity contribution in [1.29, 1.82) is 0 Å². The van der Waals surface area contributed by atoms with Crippen LogP contribution in [0, 0.1) is 0 Å². The molecular formula is C26H35N3O3S. The van der Waals surface area contributed by atoms with Crippen molar-refractivity contribution < 1.29 is 13.2 Å².